The molecule has 2 amide bonds. The van der Waals surface area contributed by atoms with Crippen LogP contribution in [0.25, 0.3) is 0 Å². The van der Waals surface area contributed by atoms with Crippen molar-refractivity contribution in [3.8, 4) is 0 Å². The third-order valence-corrected chi connectivity index (χ3v) is 4.59. The highest BCUT2D eigenvalue weighted by molar-refractivity contribution is 6.30. The van der Waals surface area contributed by atoms with Crippen molar-refractivity contribution in [3.63, 3.8) is 0 Å². The minimum absolute atomic E-state index is 0.0418. The Morgan fingerprint density at radius 1 is 1.07 bits per heavy atom. The fraction of sp³-hybridized carbons (Fsp3) is 0.182. The Kier molecular flexibility index (Phi) is 6.98. The van der Waals surface area contributed by atoms with Gasteiger partial charge in [-0.1, -0.05) is 42.8 Å². The molecular weight excluding hydrogens is 402 g/mol. The number of nitrogens with zero attached hydrogens (tertiary/aromatic N) is 3. The van der Waals surface area contributed by atoms with Crippen molar-refractivity contribution in [2.45, 2.75) is 26.8 Å². The summed E-state index contributed by atoms with van der Waals surface area (Å²) in [7, 11) is 0. The molecule has 3 aromatic rings. The van der Waals surface area contributed by atoms with Crippen LogP contribution < -0.4 is 10.7 Å². The lowest BCUT2D eigenvalue weighted by molar-refractivity contribution is -0.115. The number of carbonyl (C=O) groups is 2. The van der Waals surface area contributed by atoms with Crippen LogP contribution in [0.15, 0.2) is 66.0 Å². The first-order valence-electron chi connectivity index (χ1n) is 9.46. The van der Waals surface area contributed by atoms with Gasteiger partial charge in [-0.05, 0) is 42.3 Å². The lowest BCUT2D eigenvalue weighted by Crippen LogP contribution is -2.19. The summed E-state index contributed by atoms with van der Waals surface area (Å²) in [6, 6.07) is 14.5. The number of nitrogens with one attached hydrogen (secondary N) is 2. The van der Waals surface area contributed by atoms with Crippen LogP contribution in [0.2, 0.25) is 5.02 Å². The maximum absolute atomic E-state index is 12.4. The van der Waals surface area contributed by atoms with E-state index < -0.39 is 0 Å². The molecule has 1 heterocycles. The predicted octanol–water partition coefficient (Wildman–Crippen LogP) is 4.09. The van der Waals surface area contributed by atoms with Crippen LogP contribution in [-0.4, -0.2) is 27.3 Å². The van der Waals surface area contributed by atoms with Crippen LogP contribution >= 0.6 is 11.6 Å². The lowest BCUT2D eigenvalue weighted by atomic mass is 10.1. The number of rotatable bonds is 7. The van der Waals surface area contributed by atoms with E-state index in [0.717, 1.165) is 16.8 Å². The van der Waals surface area contributed by atoms with Gasteiger partial charge in [0.1, 0.15) is 0 Å². The SMILES string of the molecule is CCC(=O)Nc1ccc(C(C)=NNC(=O)c2ccc(Cn3cc(Cl)cn3)cc2)cc1. The number of benzene rings is 2. The minimum atomic E-state index is -0.296. The standard InChI is InChI=1S/C22H22ClN5O2/c1-3-21(29)25-20-10-8-17(9-11-20)15(2)26-27-22(30)18-6-4-16(5-7-18)13-28-14-19(23)12-24-28/h4-12,14H,3,13H2,1-2H3,(H,25,29)(H,27,30). The number of anilines is 1. The van der Waals surface area contributed by atoms with Gasteiger partial charge in [-0.15, -0.1) is 0 Å². The fourth-order valence-electron chi connectivity index (χ4n) is 2.68. The van der Waals surface area contributed by atoms with Crippen LogP contribution in [0, 0.1) is 0 Å². The van der Waals surface area contributed by atoms with E-state index in [0.29, 0.717) is 29.3 Å². The molecule has 3 rings (SSSR count). The number of hydrogen-bond acceptors (Lipinski definition) is 4. The van der Waals surface area contributed by atoms with Crippen LogP contribution in [-0.2, 0) is 11.3 Å². The van der Waals surface area contributed by atoms with Gasteiger partial charge in [-0.2, -0.15) is 10.2 Å². The summed E-state index contributed by atoms with van der Waals surface area (Å²) >= 11 is 5.87. The Labute approximate surface area is 179 Å². The van der Waals surface area contributed by atoms with E-state index in [1.165, 1.54) is 0 Å². The van der Waals surface area contributed by atoms with Crippen LogP contribution in [0.5, 0.6) is 0 Å². The van der Waals surface area contributed by atoms with E-state index in [4.69, 9.17) is 11.6 Å². The van der Waals surface area contributed by atoms with Gasteiger partial charge in [0.05, 0.1) is 23.5 Å². The molecule has 0 atom stereocenters. The molecule has 0 radical (unpaired) electrons. The first kappa shape index (κ1) is 21.3. The fourth-order valence-corrected chi connectivity index (χ4v) is 2.84. The number of halogens is 1. The van der Waals surface area contributed by atoms with Crippen LogP contribution in [0.3, 0.4) is 0 Å². The Hall–Kier alpha value is -3.45. The van der Waals surface area contributed by atoms with E-state index in [9.17, 15) is 9.59 Å². The van der Waals surface area contributed by atoms with E-state index in [2.05, 4.69) is 20.9 Å². The molecule has 0 bridgehead atoms. The van der Waals surface area contributed by atoms with E-state index in [1.54, 1.807) is 55.2 Å². The highest BCUT2D eigenvalue weighted by Crippen LogP contribution is 2.12. The molecule has 154 valence electrons. The van der Waals surface area contributed by atoms with Crippen molar-refractivity contribution in [3.05, 3.63) is 82.6 Å². The van der Waals surface area contributed by atoms with Crippen molar-refractivity contribution in [1.82, 2.24) is 15.2 Å². The summed E-state index contributed by atoms with van der Waals surface area (Å²) in [5.74, 6) is -0.338. The molecule has 0 aliphatic rings. The largest absolute Gasteiger partial charge is 0.326 e. The Balaban J connectivity index is 1.58. The van der Waals surface area contributed by atoms with E-state index in [1.807, 2.05) is 24.3 Å². The smallest absolute Gasteiger partial charge is 0.271 e. The monoisotopic (exact) mass is 423 g/mol. The molecule has 2 aromatic carbocycles. The van der Waals surface area contributed by atoms with Crippen molar-refractivity contribution in [2.24, 2.45) is 5.10 Å². The average Bonchev–Trinajstić information content (AvgIpc) is 3.17. The highest BCUT2D eigenvalue weighted by Gasteiger charge is 2.06. The zero-order valence-corrected chi connectivity index (χ0v) is 17.5. The molecule has 8 heteroatoms. The second-order valence-corrected chi connectivity index (χ2v) is 7.11. The topological polar surface area (TPSA) is 88.4 Å². The zero-order valence-electron chi connectivity index (χ0n) is 16.7. The molecule has 0 unspecified atom stereocenters. The summed E-state index contributed by atoms with van der Waals surface area (Å²) in [6.07, 6.45) is 3.75. The van der Waals surface area contributed by atoms with Gasteiger partial charge in [0, 0.05) is 23.9 Å². The third kappa shape index (κ3) is 5.78. The summed E-state index contributed by atoms with van der Waals surface area (Å²) in [4.78, 5) is 23.8. The first-order valence-corrected chi connectivity index (χ1v) is 9.84. The summed E-state index contributed by atoms with van der Waals surface area (Å²) in [5, 5.41) is 11.7. The highest BCUT2D eigenvalue weighted by atomic mass is 35.5. The van der Waals surface area contributed by atoms with Crippen molar-refractivity contribution < 1.29 is 9.59 Å². The van der Waals surface area contributed by atoms with Gasteiger partial charge in [0.15, 0.2) is 0 Å². The normalized spacial score (nSPS) is 11.2. The Bertz CT molecular complexity index is 1060. The maximum atomic E-state index is 12.4. The molecule has 0 saturated heterocycles. The van der Waals surface area contributed by atoms with Gasteiger partial charge in [-0.25, -0.2) is 5.43 Å². The average molecular weight is 424 g/mol. The molecule has 0 spiro atoms. The molecular formula is C22H22ClN5O2. The van der Waals surface area contributed by atoms with Gasteiger partial charge >= 0.3 is 0 Å². The quantitative estimate of drug-likeness (QED) is 0.443. The summed E-state index contributed by atoms with van der Waals surface area (Å²) in [6.45, 7) is 4.17. The molecule has 2 N–H and O–H groups in total. The molecule has 7 nitrogen and oxygen atoms in total. The first-order chi connectivity index (χ1) is 14.4. The van der Waals surface area contributed by atoms with Gasteiger partial charge in [0.2, 0.25) is 5.91 Å². The Morgan fingerprint density at radius 2 is 1.73 bits per heavy atom. The second kappa shape index (κ2) is 9.84. The van der Waals surface area contributed by atoms with Crippen LogP contribution in [0.4, 0.5) is 5.69 Å². The maximum Gasteiger partial charge on any atom is 0.271 e. The van der Waals surface area contributed by atoms with Crippen molar-refractivity contribution in [2.75, 3.05) is 5.32 Å². The second-order valence-electron chi connectivity index (χ2n) is 6.67. The van der Waals surface area contributed by atoms with Gasteiger partial charge in [0.25, 0.3) is 5.91 Å². The van der Waals surface area contributed by atoms with Gasteiger partial charge in [-0.3, -0.25) is 14.3 Å². The molecule has 1 aromatic heterocycles. The van der Waals surface area contributed by atoms with E-state index >= 15 is 0 Å². The third-order valence-electron chi connectivity index (χ3n) is 4.40. The van der Waals surface area contributed by atoms with Crippen LogP contribution in [0.1, 0.15) is 41.8 Å². The zero-order chi connectivity index (χ0) is 21.5. The number of carbonyl (C=O) groups excluding carboxylic acids is 2. The molecule has 30 heavy (non-hydrogen) atoms. The predicted molar refractivity (Wildman–Crippen MR) is 118 cm³/mol. The molecule has 0 aliphatic carbocycles. The van der Waals surface area contributed by atoms with Gasteiger partial charge < -0.3 is 5.32 Å². The summed E-state index contributed by atoms with van der Waals surface area (Å²) < 4.78 is 1.73. The van der Waals surface area contributed by atoms with E-state index in [-0.39, 0.29) is 11.8 Å². The number of aromatic nitrogens is 2. The number of hydrazone groups is 1. The minimum Gasteiger partial charge on any atom is -0.326 e. The van der Waals surface area contributed by atoms with Crippen molar-refractivity contribution in [1.29, 1.82) is 0 Å². The number of hydrogen-bond donors (Lipinski definition) is 2. The molecule has 0 saturated carbocycles. The lowest BCUT2D eigenvalue weighted by Gasteiger charge is -2.07. The molecule has 0 fully saturated rings. The summed E-state index contributed by atoms with van der Waals surface area (Å²) in [5.41, 5.74) is 6.30. The Morgan fingerprint density at radius 3 is 2.33 bits per heavy atom. The molecule has 0 aliphatic heterocycles. The number of amides is 2. The van der Waals surface area contributed by atoms with Crippen molar-refractivity contribution >= 4 is 34.8 Å².